The zero-order valence-electron chi connectivity index (χ0n) is 14.6. The Hall–Kier alpha value is -2.54. The maximum atomic E-state index is 13.8. The number of carbonyl (C=O) groups excluding carboxylic acids is 1. The summed E-state index contributed by atoms with van der Waals surface area (Å²) in [5.41, 5.74) is 1.91. The van der Waals surface area contributed by atoms with Crippen molar-refractivity contribution in [3.63, 3.8) is 0 Å². The van der Waals surface area contributed by atoms with Gasteiger partial charge in [-0.15, -0.1) is 0 Å². The number of benzene rings is 2. The molecule has 3 rings (SSSR count). The van der Waals surface area contributed by atoms with Gasteiger partial charge >= 0.3 is 5.97 Å². The molecule has 1 heterocycles. The molecule has 1 unspecified atom stereocenters. The average molecular weight is 436 g/mol. The Morgan fingerprint density at radius 1 is 1.22 bits per heavy atom. The van der Waals surface area contributed by atoms with Crippen LogP contribution in [0.1, 0.15) is 29.8 Å². The lowest BCUT2D eigenvalue weighted by Crippen LogP contribution is -2.13. The molecule has 0 amide bonds. The van der Waals surface area contributed by atoms with Gasteiger partial charge in [0, 0.05) is 21.2 Å². The van der Waals surface area contributed by atoms with Gasteiger partial charge in [-0.25, -0.2) is 8.78 Å². The Morgan fingerprint density at radius 2 is 1.93 bits per heavy atom. The molecule has 2 aromatic carbocycles. The molecule has 7 heteroatoms. The summed E-state index contributed by atoms with van der Waals surface area (Å²) < 4.78 is 38.7. The Labute approximate surface area is 163 Å². The smallest absolute Gasteiger partial charge is 0.311 e. The summed E-state index contributed by atoms with van der Waals surface area (Å²) >= 11 is 3.36. The van der Waals surface area contributed by atoms with Crippen molar-refractivity contribution >= 4 is 21.9 Å². The molecular weight excluding hydrogens is 420 g/mol. The van der Waals surface area contributed by atoms with Crippen LogP contribution in [0.25, 0.3) is 11.3 Å². The van der Waals surface area contributed by atoms with E-state index in [-0.39, 0.29) is 12.0 Å². The predicted molar refractivity (Wildman–Crippen MR) is 98.9 cm³/mol. The van der Waals surface area contributed by atoms with E-state index in [1.807, 2.05) is 24.3 Å². The molecule has 0 aliphatic carbocycles. The molecule has 27 heavy (non-hydrogen) atoms. The normalized spacial score (nSPS) is 12.0. The highest BCUT2D eigenvalue weighted by Gasteiger charge is 2.22. The fourth-order valence-electron chi connectivity index (χ4n) is 2.70. The SMILES string of the molecule is Cc1noc(-c2ccc(Br)cc2)c1CC(=O)OC(C)c1cc(F)ccc1F. The van der Waals surface area contributed by atoms with Crippen molar-refractivity contribution in [2.75, 3.05) is 0 Å². The zero-order chi connectivity index (χ0) is 19.6. The molecular formula is C20H16BrF2NO3. The van der Waals surface area contributed by atoms with Crippen LogP contribution >= 0.6 is 15.9 Å². The van der Waals surface area contributed by atoms with Gasteiger partial charge in [-0.05, 0) is 44.2 Å². The van der Waals surface area contributed by atoms with Gasteiger partial charge in [0.15, 0.2) is 5.76 Å². The summed E-state index contributed by atoms with van der Waals surface area (Å²) in [5, 5.41) is 3.93. The number of ether oxygens (including phenoxy) is 1. The molecule has 1 aromatic heterocycles. The molecule has 0 saturated carbocycles. The van der Waals surface area contributed by atoms with Crippen molar-refractivity contribution in [3.05, 3.63) is 75.4 Å². The van der Waals surface area contributed by atoms with Crippen molar-refractivity contribution in [1.29, 1.82) is 0 Å². The average Bonchev–Trinajstić information content (AvgIpc) is 2.98. The molecule has 3 aromatic rings. The lowest BCUT2D eigenvalue weighted by molar-refractivity contribution is -0.147. The van der Waals surface area contributed by atoms with Gasteiger partial charge in [0.25, 0.3) is 0 Å². The molecule has 1 atom stereocenters. The van der Waals surface area contributed by atoms with Crippen LogP contribution in [0.3, 0.4) is 0 Å². The van der Waals surface area contributed by atoms with E-state index in [1.54, 1.807) is 6.92 Å². The van der Waals surface area contributed by atoms with Crippen LogP contribution in [-0.4, -0.2) is 11.1 Å². The van der Waals surface area contributed by atoms with Gasteiger partial charge < -0.3 is 9.26 Å². The summed E-state index contributed by atoms with van der Waals surface area (Å²) in [6, 6.07) is 10.4. The van der Waals surface area contributed by atoms with Crippen molar-refractivity contribution in [1.82, 2.24) is 5.16 Å². The van der Waals surface area contributed by atoms with Gasteiger partial charge in [0.1, 0.15) is 17.7 Å². The van der Waals surface area contributed by atoms with E-state index in [1.165, 1.54) is 6.92 Å². The molecule has 0 bridgehead atoms. The summed E-state index contributed by atoms with van der Waals surface area (Å²) in [4.78, 5) is 12.4. The first-order chi connectivity index (χ1) is 12.8. The first-order valence-corrected chi connectivity index (χ1v) is 9.00. The zero-order valence-corrected chi connectivity index (χ0v) is 16.2. The molecule has 0 radical (unpaired) electrons. The fourth-order valence-corrected chi connectivity index (χ4v) is 2.96. The Bertz CT molecular complexity index is 970. The van der Waals surface area contributed by atoms with Crippen LogP contribution in [0.15, 0.2) is 51.5 Å². The monoisotopic (exact) mass is 435 g/mol. The van der Waals surface area contributed by atoms with E-state index in [4.69, 9.17) is 9.26 Å². The van der Waals surface area contributed by atoms with Gasteiger partial charge in [0.05, 0.1) is 12.1 Å². The molecule has 0 aliphatic rings. The second-order valence-corrected chi connectivity index (χ2v) is 6.97. The number of halogens is 3. The van der Waals surface area contributed by atoms with Crippen molar-refractivity contribution in [2.24, 2.45) is 0 Å². The summed E-state index contributed by atoms with van der Waals surface area (Å²) in [5.74, 6) is -1.34. The number of esters is 1. The van der Waals surface area contributed by atoms with E-state index < -0.39 is 23.7 Å². The first-order valence-electron chi connectivity index (χ1n) is 8.20. The van der Waals surface area contributed by atoms with E-state index in [0.717, 1.165) is 28.2 Å². The first kappa shape index (κ1) is 19.2. The third-order valence-electron chi connectivity index (χ3n) is 4.12. The number of carbonyl (C=O) groups is 1. The highest BCUT2D eigenvalue weighted by atomic mass is 79.9. The second-order valence-electron chi connectivity index (χ2n) is 6.06. The molecule has 4 nitrogen and oxygen atoms in total. The molecule has 0 aliphatic heterocycles. The van der Waals surface area contributed by atoms with Crippen LogP contribution in [0, 0.1) is 18.6 Å². The van der Waals surface area contributed by atoms with Gasteiger partial charge in [-0.2, -0.15) is 0 Å². The van der Waals surface area contributed by atoms with Gasteiger partial charge in [0.2, 0.25) is 0 Å². The molecule has 0 saturated heterocycles. The fraction of sp³-hybridized carbons (Fsp3) is 0.200. The van der Waals surface area contributed by atoms with Crippen LogP contribution < -0.4 is 0 Å². The number of aryl methyl sites for hydroxylation is 1. The van der Waals surface area contributed by atoms with Crippen molar-refractivity contribution < 1.29 is 22.8 Å². The highest BCUT2D eigenvalue weighted by molar-refractivity contribution is 9.10. The molecule has 0 N–H and O–H groups in total. The Balaban J connectivity index is 1.77. The standard InChI is InChI=1S/C20H16BrF2NO3/c1-11-16(20(27-24-11)13-3-5-14(21)6-4-13)10-19(25)26-12(2)17-9-15(22)7-8-18(17)23/h3-9,12H,10H2,1-2H3. The van der Waals surface area contributed by atoms with E-state index in [0.29, 0.717) is 17.0 Å². The lowest BCUT2D eigenvalue weighted by Gasteiger charge is -2.14. The summed E-state index contributed by atoms with van der Waals surface area (Å²) in [6.07, 6.45) is -1.02. The molecule has 0 fully saturated rings. The number of rotatable bonds is 5. The molecule has 140 valence electrons. The van der Waals surface area contributed by atoms with E-state index in [9.17, 15) is 13.6 Å². The third kappa shape index (κ3) is 4.42. The van der Waals surface area contributed by atoms with Crippen LogP contribution in [0.2, 0.25) is 0 Å². The predicted octanol–water partition coefficient (Wildman–Crippen LogP) is 5.54. The number of hydrogen-bond acceptors (Lipinski definition) is 4. The van der Waals surface area contributed by atoms with Crippen LogP contribution in [-0.2, 0) is 16.0 Å². The number of nitrogens with zero attached hydrogens (tertiary/aromatic N) is 1. The third-order valence-corrected chi connectivity index (χ3v) is 4.65. The Kier molecular flexibility index (Phi) is 5.70. The minimum absolute atomic E-state index is 0.0153. The maximum Gasteiger partial charge on any atom is 0.311 e. The highest BCUT2D eigenvalue weighted by Crippen LogP contribution is 2.29. The summed E-state index contributed by atoms with van der Waals surface area (Å²) in [6.45, 7) is 3.22. The van der Waals surface area contributed by atoms with Crippen molar-refractivity contribution in [2.45, 2.75) is 26.4 Å². The number of aromatic nitrogens is 1. The van der Waals surface area contributed by atoms with Crippen LogP contribution in [0.5, 0.6) is 0 Å². The van der Waals surface area contributed by atoms with Crippen molar-refractivity contribution in [3.8, 4) is 11.3 Å². The number of hydrogen-bond donors (Lipinski definition) is 0. The van der Waals surface area contributed by atoms with Crippen LogP contribution in [0.4, 0.5) is 8.78 Å². The Morgan fingerprint density at radius 3 is 2.63 bits per heavy atom. The topological polar surface area (TPSA) is 52.3 Å². The maximum absolute atomic E-state index is 13.8. The second kappa shape index (κ2) is 8.00. The largest absolute Gasteiger partial charge is 0.457 e. The van der Waals surface area contributed by atoms with E-state index >= 15 is 0 Å². The minimum atomic E-state index is -0.926. The van der Waals surface area contributed by atoms with Gasteiger partial charge in [-0.3, -0.25) is 4.79 Å². The summed E-state index contributed by atoms with van der Waals surface area (Å²) in [7, 11) is 0. The molecule has 0 spiro atoms. The lowest BCUT2D eigenvalue weighted by atomic mass is 10.0. The van der Waals surface area contributed by atoms with E-state index in [2.05, 4.69) is 21.1 Å². The van der Waals surface area contributed by atoms with Gasteiger partial charge in [-0.1, -0.05) is 33.2 Å². The quantitative estimate of drug-likeness (QED) is 0.493. The minimum Gasteiger partial charge on any atom is -0.457 e.